The fourth-order valence-corrected chi connectivity index (χ4v) is 1.29. The Morgan fingerprint density at radius 3 is 2.53 bits per heavy atom. The van der Waals surface area contributed by atoms with Gasteiger partial charge in [0, 0.05) is 25.2 Å². The first-order valence-electron chi connectivity index (χ1n) is 5.34. The summed E-state index contributed by atoms with van der Waals surface area (Å²) in [7, 11) is 1.69. The van der Waals surface area contributed by atoms with Crippen LogP contribution in [0.15, 0.2) is 29.3 Å². The third-order valence-corrected chi connectivity index (χ3v) is 2.05. The van der Waals surface area contributed by atoms with Gasteiger partial charge in [-0.2, -0.15) is 0 Å². The van der Waals surface area contributed by atoms with Crippen molar-refractivity contribution in [2.24, 2.45) is 4.99 Å². The number of guanidine groups is 1. The van der Waals surface area contributed by atoms with Crippen molar-refractivity contribution in [1.82, 2.24) is 10.6 Å². The predicted octanol–water partition coefficient (Wildman–Crippen LogP) is 2.52. The van der Waals surface area contributed by atoms with Gasteiger partial charge in [-0.3, -0.25) is 4.99 Å². The summed E-state index contributed by atoms with van der Waals surface area (Å²) in [5.74, 6) is 0.480. The Balaban J connectivity index is 0.00000256. The zero-order chi connectivity index (χ0) is 12.0. The second kappa shape index (κ2) is 8.27. The average molecular weight is 351 g/mol. The summed E-state index contributed by atoms with van der Waals surface area (Å²) < 4.78 is 13.3. The molecule has 5 heteroatoms. The van der Waals surface area contributed by atoms with E-state index in [0.29, 0.717) is 24.1 Å². The van der Waals surface area contributed by atoms with Gasteiger partial charge in [0.2, 0.25) is 0 Å². The van der Waals surface area contributed by atoms with Crippen LogP contribution in [-0.2, 0) is 6.54 Å². The molecule has 0 heterocycles. The number of rotatable bonds is 3. The molecule has 1 rings (SSSR count). The SMILES string of the molecule is CN=C(NCc1ccccc1F)NC(C)C.I. The van der Waals surface area contributed by atoms with E-state index in [1.54, 1.807) is 19.2 Å². The molecule has 0 saturated heterocycles. The monoisotopic (exact) mass is 351 g/mol. The zero-order valence-corrected chi connectivity index (χ0v) is 12.7. The predicted molar refractivity (Wildman–Crippen MR) is 80.3 cm³/mol. The number of nitrogens with zero attached hydrogens (tertiary/aromatic N) is 1. The Labute approximate surface area is 119 Å². The minimum Gasteiger partial charge on any atom is -0.354 e. The second-order valence-corrected chi connectivity index (χ2v) is 3.82. The van der Waals surface area contributed by atoms with E-state index in [0.717, 1.165) is 0 Å². The molecule has 17 heavy (non-hydrogen) atoms. The summed E-state index contributed by atoms with van der Waals surface area (Å²) in [4.78, 5) is 4.04. The van der Waals surface area contributed by atoms with Gasteiger partial charge in [0.15, 0.2) is 5.96 Å². The quantitative estimate of drug-likeness (QED) is 0.499. The fourth-order valence-electron chi connectivity index (χ4n) is 1.29. The number of aliphatic imine (C=N–C) groups is 1. The maximum atomic E-state index is 13.3. The highest BCUT2D eigenvalue weighted by Gasteiger charge is 2.03. The van der Waals surface area contributed by atoms with Gasteiger partial charge in [-0.15, -0.1) is 24.0 Å². The van der Waals surface area contributed by atoms with Gasteiger partial charge in [-0.1, -0.05) is 18.2 Å². The lowest BCUT2D eigenvalue weighted by molar-refractivity contribution is 0.603. The van der Waals surface area contributed by atoms with Gasteiger partial charge in [-0.05, 0) is 19.9 Å². The molecule has 0 saturated carbocycles. The smallest absolute Gasteiger partial charge is 0.191 e. The van der Waals surface area contributed by atoms with E-state index in [1.807, 2.05) is 19.9 Å². The molecule has 1 aromatic rings. The normalized spacial score (nSPS) is 11.0. The molecule has 0 unspecified atom stereocenters. The van der Waals surface area contributed by atoms with E-state index in [1.165, 1.54) is 6.07 Å². The van der Waals surface area contributed by atoms with Crippen LogP contribution < -0.4 is 10.6 Å². The van der Waals surface area contributed by atoms with Gasteiger partial charge in [0.05, 0.1) is 0 Å². The summed E-state index contributed by atoms with van der Waals surface area (Å²) in [6.07, 6.45) is 0. The van der Waals surface area contributed by atoms with Crippen molar-refractivity contribution in [2.75, 3.05) is 7.05 Å². The molecule has 0 amide bonds. The molecule has 0 spiro atoms. The van der Waals surface area contributed by atoms with Crippen molar-refractivity contribution < 1.29 is 4.39 Å². The number of hydrogen-bond donors (Lipinski definition) is 2. The van der Waals surface area contributed by atoms with Crippen LogP contribution in [0.3, 0.4) is 0 Å². The molecule has 1 aromatic carbocycles. The first kappa shape index (κ1) is 16.1. The molecule has 3 nitrogen and oxygen atoms in total. The summed E-state index contributed by atoms with van der Waals surface area (Å²) in [6, 6.07) is 7.01. The Bertz CT molecular complexity index is 367. The fraction of sp³-hybridized carbons (Fsp3) is 0.417. The van der Waals surface area contributed by atoms with E-state index < -0.39 is 0 Å². The van der Waals surface area contributed by atoms with Crippen LogP contribution in [0.4, 0.5) is 4.39 Å². The van der Waals surface area contributed by atoms with Crippen molar-refractivity contribution in [3.8, 4) is 0 Å². The molecule has 0 bridgehead atoms. The van der Waals surface area contributed by atoms with E-state index in [-0.39, 0.29) is 29.8 Å². The van der Waals surface area contributed by atoms with Crippen LogP contribution in [0.25, 0.3) is 0 Å². The third kappa shape index (κ3) is 5.86. The molecule has 0 aliphatic carbocycles. The van der Waals surface area contributed by atoms with Crippen LogP contribution in [0.1, 0.15) is 19.4 Å². The number of benzene rings is 1. The summed E-state index contributed by atoms with van der Waals surface area (Å²) in [6.45, 7) is 4.48. The van der Waals surface area contributed by atoms with Gasteiger partial charge < -0.3 is 10.6 Å². The highest BCUT2D eigenvalue weighted by Crippen LogP contribution is 2.05. The van der Waals surface area contributed by atoms with E-state index >= 15 is 0 Å². The lowest BCUT2D eigenvalue weighted by Crippen LogP contribution is -2.40. The lowest BCUT2D eigenvalue weighted by atomic mass is 10.2. The first-order valence-corrected chi connectivity index (χ1v) is 5.34. The van der Waals surface area contributed by atoms with Crippen LogP contribution in [0, 0.1) is 5.82 Å². The molecule has 2 N–H and O–H groups in total. The van der Waals surface area contributed by atoms with Crippen molar-refractivity contribution >= 4 is 29.9 Å². The van der Waals surface area contributed by atoms with Crippen molar-refractivity contribution in [3.05, 3.63) is 35.6 Å². The molecule has 0 aliphatic rings. The summed E-state index contributed by atoms with van der Waals surface area (Å²) >= 11 is 0. The summed E-state index contributed by atoms with van der Waals surface area (Å²) in [5.41, 5.74) is 0.634. The van der Waals surface area contributed by atoms with E-state index in [9.17, 15) is 4.39 Å². The Morgan fingerprint density at radius 2 is 2.00 bits per heavy atom. The average Bonchev–Trinajstić information content (AvgIpc) is 2.25. The summed E-state index contributed by atoms with van der Waals surface area (Å²) in [5, 5.41) is 6.19. The maximum Gasteiger partial charge on any atom is 0.191 e. The molecule has 0 aromatic heterocycles. The number of hydrogen-bond acceptors (Lipinski definition) is 1. The molecular formula is C12H19FIN3. The molecule has 0 atom stereocenters. The standard InChI is InChI=1S/C12H18FN3.HI/c1-9(2)16-12(14-3)15-8-10-6-4-5-7-11(10)13;/h4-7,9H,8H2,1-3H3,(H2,14,15,16);1H. The third-order valence-electron chi connectivity index (χ3n) is 2.05. The number of halogens is 2. The van der Waals surface area contributed by atoms with Crippen molar-refractivity contribution in [2.45, 2.75) is 26.4 Å². The van der Waals surface area contributed by atoms with Crippen LogP contribution in [0.2, 0.25) is 0 Å². The molecule has 0 fully saturated rings. The largest absolute Gasteiger partial charge is 0.354 e. The molecule has 0 aliphatic heterocycles. The van der Waals surface area contributed by atoms with Crippen LogP contribution >= 0.6 is 24.0 Å². The van der Waals surface area contributed by atoms with Crippen LogP contribution in [-0.4, -0.2) is 19.0 Å². The first-order chi connectivity index (χ1) is 7.63. The van der Waals surface area contributed by atoms with Crippen molar-refractivity contribution in [3.63, 3.8) is 0 Å². The van der Waals surface area contributed by atoms with Gasteiger partial charge in [0.25, 0.3) is 0 Å². The second-order valence-electron chi connectivity index (χ2n) is 3.82. The zero-order valence-electron chi connectivity index (χ0n) is 10.3. The maximum absolute atomic E-state index is 13.3. The van der Waals surface area contributed by atoms with Gasteiger partial charge in [0.1, 0.15) is 5.82 Å². The number of nitrogens with one attached hydrogen (secondary N) is 2. The Morgan fingerprint density at radius 1 is 1.35 bits per heavy atom. The lowest BCUT2D eigenvalue weighted by Gasteiger charge is -2.14. The molecule has 96 valence electrons. The van der Waals surface area contributed by atoms with Gasteiger partial charge >= 0.3 is 0 Å². The minimum atomic E-state index is -0.199. The van der Waals surface area contributed by atoms with Gasteiger partial charge in [-0.25, -0.2) is 4.39 Å². The van der Waals surface area contributed by atoms with E-state index in [4.69, 9.17) is 0 Å². The Hall–Kier alpha value is -0.850. The highest BCUT2D eigenvalue weighted by atomic mass is 127. The highest BCUT2D eigenvalue weighted by molar-refractivity contribution is 14.0. The van der Waals surface area contributed by atoms with Crippen molar-refractivity contribution in [1.29, 1.82) is 0 Å². The van der Waals surface area contributed by atoms with E-state index in [2.05, 4.69) is 15.6 Å². The molecule has 0 radical (unpaired) electrons. The topological polar surface area (TPSA) is 36.4 Å². The minimum absolute atomic E-state index is 0. The molecular weight excluding hydrogens is 332 g/mol. The van der Waals surface area contributed by atoms with Crippen LogP contribution in [0.5, 0.6) is 0 Å². The Kier molecular flexibility index (Phi) is 7.86.